The van der Waals surface area contributed by atoms with Gasteiger partial charge in [-0.25, -0.2) is 9.67 Å². The van der Waals surface area contributed by atoms with E-state index < -0.39 is 17.8 Å². The summed E-state index contributed by atoms with van der Waals surface area (Å²) < 4.78 is 41.3. The van der Waals surface area contributed by atoms with Gasteiger partial charge >= 0.3 is 6.18 Å². The van der Waals surface area contributed by atoms with Gasteiger partial charge in [0.2, 0.25) is 5.91 Å². The number of fused-ring (bicyclic) bond motifs is 1. The Morgan fingerprint density at radius 3 is 2.58 bits per heavy atom. The molecule has 0 saturated heterocycles. The summed E-state index contributed by atoms with van der Waals surface area (Å²) in [6, 6.07) is 5.46. The first-order valence-electron chi connectivity index (χ1n) is 6.40. The molecular formula is C14H7ClF3IN4O. The van der Waals surface area contributed by atoms with Gasteiger partial charge in [0.25, 0.3) is 0 Å². The lowest BCUT2D eigenvalue weighted by Gasteiger charge is -2.07. The summed E-state index contributed by atoms with van der Waals surface area (Å²) in [5.41, 5.74) is 4.43. The molecule has 24 heavy (non-hydrogen) atoms. The molecule has 0 aliphatic carbocycles. The van der Waals surface area contributed by atoms with Crippen molar-refractivity contribution < 1.29 is 18.0 Å². The fourth-order valence-electron chi connectivity index (χ4n) is 2.20. The molecule has 0 aliphatic heterocycles. The van der Waals surface area contributed by atoms with Gasteiger partial charge in [-0.2, -0.15) is 18.3 Å². The highest BCUT2D eigenvalue weighted by Gasteiger charge is 2.38. The molecule has 0 spiro atoms. The quantitative estimate of drug-likeness (QED) is 0.584. The number of aromatic nitrogens is 3. The minimum absolute atomic E-state index is 0.0166. The van der Waals surface area contributed by atoms with E-state index in [2.05, 4.69) is 10.1 Å². The van der Waals surface area contributed by atoms with Gasteiger partial charge in [-0.05, 0) is 46.9 Å². The predicted molar refractivity (Wildman–Crippen MR) is 90.1 cm³/mol. The number of halogens is 5. The van der Waals surface area contributed by atoms with Crippen LogP contribution in [0.4, 0.5) is 13.2 Å². The van der Waals surface area contributed by atoms with E-state index >= 15 is 0 Å². The molecule has 0 bridgehead atoms. The van der Waals surface area contributed by atoms with E-state index in [9.17, 15) is 18.0 Å². The highest BCUT2D eigenvalue weighted by molar-refractivity contribution is 14.1. The zero-order chi connectivity index (χ0) is 17.6. The third kappa shape index (κ3) is 2.81. The van der Waals surface area contributed by atoms with E-state index in [-0.39, 0.29) is 27.3 Å². The van der Waals surface area contributed by atoms with Crippen LogP contribution in [0.1, 0.15) is 16.1 Å². The van der Waals surface area contributed by atoms with Crippen molar-refractivity contribution in [3.8, 4) is 5.69 Å². The molecular weight excluding hydrogens is 460 g/mol. The lowest BCUT2D eigenvalue weighted by molar-refractivity contribution is -0.140. The Morgan fingerprint density at radius 2 is 2.00 bits per heavy atom. The molecule has 0 radical (unpaired) electrons. The molecule has 0 saturated carbocycles. The summed E-state index contributed by atoms with van der Waals surface area (Å²) in [7, 11) is 0. The summed E-state index contributed by atoms with van der Waals surface area (Å²) in [5.74, 6) is -0.697. The van der Waals surface area contributed by atoms with Crippen LogP contribution in [0, 0.1) is 3.57 Å². The van der Waals surface area contributed by atoms with Crippen molar-refractivity contribution in [1.82, 2.24) is 14.8 Å². The summed E-state index contributed by atoms with van der Waals surface area (Å²) in [6.45, 7) is 0. The number of hydrogen-bond donors (Lipinski definition) is 1. The molecule has 2 N–H and O–H groups in total. The number of amides is 1. The van der Waals surface area contributed by atoms with Gasteiger partial charge in [-0.3, -0.25) is 4.79 Å². The molecule has 2 aromatic heterocycles. The van der Waals surface area contributed by atoms with Crippen LogP contribution < -0.4 is 5.73 Å². The summed E-state index contributed by atoms with van der Waals surface area (Å²) in [6.07, 6.45) is -3.26. The Kier molecular flexibility index (Phi) is 4.16. The zero-order valence-corrected chi connectivity index (χ0v) is 14.5. The number of nitrogens with zero attached hydrogens (tertiary/aromatic N) is 3. The van der Waals surface area contributed by atoms with Gasteiger partial charge in [-0.1, -0.05) is 11.6 Å². The van der Waals surface area contributed by atoms with Crippen molar-refractivity contribution in [2.24, 2.45) is 5.73 Å². The normalized spacial score (nSPS) is 11.9. The molecule has 3 aromatic rings. The van der Waals surface area contributed by atoms with Crippen LogP contribution in [-0.4, -0.2) is 20.7 Å². The fraction of sp³-hybridized carbons (Fsp3) is 0.0714. The molecule has 3 rings (SSSR count). The number of alkyl halides is 3. The van der Waals surface area contributed by atoms with Crippen LogP contribution >= 0.6 is 34.2 Å². The first-order chi connectivity index (χ1) is 11.2. The topological polar surface area (TPSA) is 73.8 Å². The Bertz CT molecular complexity index is 971. The fourth-order valence-corrected chi connectivity index (χ4v) is 3.12. The van der Waals surface area contributed by atoms with Gasteiger partial charge in [0.05, 0.1) is 16.1 Å². The number of carbonyl (C=O) groups excluding carboxylic acids is 1. The van der Waals surface area contributed by atoms with Crippen molar-refractivity contribution in [1.29, 1.82) is 0 Å². The van der Waals surface area contributed by atoms with Gasteiger partial charge in [-0.15, -0.1) is 0 Å². The Hall–Kier alpha value is -1.88. The van der Waals surface area contributed by atoms with E-state index in [1.165, 1.54) is 30.5 Å². The van der Waals surface area contributed by atoms with E-state index in [0.29, 0.717) is 3.57 Å². The van der Waals surface area contributed by atoms with Crippen molar-refractivity contribution in [2.75, 3.05) is 0 Å². The van der Waals surface area contributed by atoms with Crippen molar-refractivity contribution >= 4 is 51.1 Å². The van der Waals surface area contributed by atoms with Crippen LogP contribution in [0.3, 0.4) is 0 Å². The largest absolute Gasteiger partial charge is 0.435 e. The number of benzene rings is 1. The van der Waals surface area contributed by atoms with Crippen LogP contribution in [-0.2, 0) is 6.18 Å². The predicted octanol–water partition coefficient (Wildman–Crippen LogP) is 3.80. The van der Waals surface area contributed by atoms with E-state index in [4.69, 9.17) is 17.3 Å². The Labute approximate surface area is 151 Å². The molecule has 10 heteroatoms. The second-order valence-corrected chi connectivity index (χ2v) is 6.35. The third-order valence-electron chi connectivity index (χ3n) is 3.25. The number of pyridine rings is 1. The lowest BCUT2D eigenvalue weighted by Crippen LogP contribution is -2.11. The third-order valence-corrected chi connectivity index (χ3v) is 4.45. The standard InChI is InChI=1S/C14H7ClF3IN4O/c15-7-5-6(12(20)24)1-2-9(7)23-13-10(8(19)3-4-21-13)11(22-23)14(16,17)18/h1-5H,(H2,20,24). The maximum absolute atomic E-state index is 13.3. The number of rotatable bonds is 2. The van der Waals surface area contributed by atoms with Crippen molar-refractivity contribution in [2.45, 2.75) is 6.18 Å². The highest BCUT2D eigenvalue weighted by Crippen LogP contribution is 2.37. The minimum Gasteiger partial charge on any atom is -0.366 e. The molecule has 1 amide bonds. The molecule has 2 heterocycles. The number of nitrogens with two attached hydrogens (primary N) is 1. The number of primary amides is 1. The minimum atomic E-state index is -4.65. The maximum Gasteiger partial charge on any atom is 0.435 e. The lowest BCUT2D eigenvalue weighted by atomic mass is 10.2. The summed E-state index contributed by atoms with van der Waals surface area (Å²) in [4.78, 5) is 15.2. The van der Waals surface area contributed by atoms with Crippen LogP contribution in [0.5, 0.6) is 0 Å². The van der Waals surface area contributed by atoms with E-state index in [0.717, 1.165) is 4.68 Å². The summed E-state index contributed by atoms with van der Waals surface area (Å²) >= 11 is 7.88. The van der Waals surface area contributed by atoms with Gasteiger partial charge in [0.15, 0.2) is 11.3 Å². The second-order valence-electron chi connectivity index (χ2n) is 4.78. The average molecular weight is 467 g/mol. The summed E-state index contributed by atoms with van der Waals surface area (Å²) in [5, 5.41) is 3.57. The zero-order valence-electron chi connectivity index (χ0n) is 11.6. The monoisotopic (exact) mass is 466 g/mol. The first-order valence-corrected chi connectivity index (χ1v) is 7.86. The molecule has 0 unspecified atom stereocenters. The molecule has 0 atom stereocenters. The average Bonchev–Trinajstić information content (AvgIpc) is 2.88. The highest BCUT2D eigenvalue weighted by atomic mass is 127. The van der Waals surface area contributed by atoms with Crippen molar-refractivity contribution in [3.63, 3.8) is 0 Å². The Morgan fingerprint density at radius 1 is 1.29 bits per heavy atom. The maximum atomic E-state index is 13.3. The van der Waals surface area contributed by atoms with Crippen LogP contribution in [0.15, 0.2) is 30.5 Å². The van der Waals surface area contributed by atoms with E-state index in [1.807, 2.05) is 0 Å². The number of hydrogen-bond acceptors (Lipinski definition) is 3. The molecule has 1 aromatic carbocycles. The second kappa shape index (κ2) is 5.88. The van der Waals surface area contributed by atoms with E-state index in [1.54, 1.807) is 22.6 Å². The van der Waals surface area contributed by atoms with Crippen LogP contribution in [0.25, 0.3) is 16.7 Å². The van der Waals surface area contributed by atoms with Crippen molar-refractivity contribution in [3.05, 3.63) is 50.3 Å². The van der Waals surface area contributed by atoms with Gasteiger partial charge in [0.1, 0.15) is 0 Å². The Balaban J connectivity index is 2.32. The number of carbonyl (C=O) groups is 1. The molecule has 0 aliphatic rings. The van der Waals surface area contributed by atoms with Gasteiger partial charge in [0, 0.05) is 15.3 Å². The smallest absolute Gasteiger partial charge is 0.366 e. The van der Waals surface area contributed by atoms with Gasteiger partial charge < -0.3 is 5.73 Å². The SMILES string of the molecule is NC(=O)c1ccc(-n2nc(C(F)(F)F)c3c(I)ccnc32)c(Cl)c1. The van der Waals surface area contributed by atoms with Crippen LogP contribution in [0.2, 0.25) is 5.02 Å². The molecule has 124 valence electrons. The molecule has 5 nitrogen and oxygen atoms in total. The molecule has 0 fully saturated rings. The first kappa shape index (κ1) is 17.0.